The molecular weight excluding hydrogens is 416 g/mol. The third-order valence-corrected chi connectivity index (χ3v) is 5.31. The Labute approximate surface area is 187 Å². The number of anilines is 1. The Balaban J connectivity index is 0.00000272. The van der Waals surface area contributed by atoms with Gasteiger partial charge in [0.15, 0.2) is 0 Å². The van der Waals surface area contributed by atoms with Gasteiger partial charge in [-0.3, -0.25) is 9.59 Å². The average molecular weight is 443 g/mol. The highest BCUT2D eigenvalue weighted by Crippen LogP contribution is 2.26. The van der Waals surface area contributed by atoms with Crippen LogP contribution >= 0.6 is 12.4 Å². The number of nitrogens with one attached hydrogen (secondary N) is 3. The quantitative estimate of drug-likeness (QED) is 0.464. The molecular formula is C23H27ClN4O3. The molecule has 31 heavy (non-hydrogen) atoms. The van der Waals surface area contributed by atoms with Crippen molar-refractivity contribution in [2.24, 2.45) is 0 Å². The first kappa shape index (κ1) is 22.9. The van der Waals surface area contributed by atoms with Crippen LogP contribution < -0.4 is 16.2 Å². The normalized spacial score (nSPS) is 15.5. The number of unbranched alkanes of at least 4 members (excludes halogenated alkanes) is 1. The topological polar surface area (TPSA) is 96.1 Å². The molecule has 4 rings (SSSR count). The molecule has 0 radical (unpaired) electrons. The molecule has 1 aliphatic rings. The molecule has 1 atom stereocenters. The summed E-state index contributed by atoms with van der Waals surface area (Å²) in [4.78, 5) is 24.3. The molecule has 2 heterocycles. The second kappa shape index (κ2) is 11.0. The Kier molecular flexibility index (Phi) is 8.17. The van der Waals surface area contributed by atoms with Gasteiger partial charge in [-0.1, -0.05) is 30.3 Å². The molecule has 1 fully saturated rings. The van der Waals surface area contributed by atoms with Gasteiger partial charge >= 0.3 is 0 Å². The van der Waals surface area contributed by atoms with E-state index in [1.54, 1.807) is 6.07 Å². The molecule has 1 aromatic heterocycles. The number of aromatic nitrogens is 2. The van der Waals surface area contributed by atoms with E-state index in [-0.39, 0.29) is 23.9 Å². The van der Waals surface area contributed by atoms with Crippen molar-refractivity contribution in [3.63, 3.8) is 0 Å². The van der Waals surface area contributed by atoms with Crippen LogP contribution in [0.15, 0.2) is 53.3 Å². The summed E-state index contributed by atoms with van der Waals surface area (Å²) < 4.78 is 5.34. The molecule has 1 saturated heterocycles. The number of carbonyl (C=O) groups excluding carboxylic acids is 1. The minimum Gasteiger partial charge on any atom is -0.380 e. The highest BCUT2D eigenvalue weighted by Gasteiger charge is 2.14. The van der Waals surface area contributed by atoms with Crippen LogP contribution in [0, 0.1) is 0 Å². The number of benzene rings is 2. The van der Waals surface area contributed by atoms with Crippen LogP contribution in [0.2, 0.25) is 0 Å². The second-order valence-corrected chi connectivity index (χ2v) is 7.55. The minimum atomic E-state index is -0.214. The lowest BCUT2D eigenvalue weighted by atomic mass is 10.0. The van der Waals surface area contributed by atoms with Crippen LogP contribution in [-0.4, -0.2) is 41.9 Å². The summed E-state index contributed by atoms with van der Waals surface area (Å²) in [6.45, 7) is 2.53. The summed E-state index contributed by atoms with van der Waals surface area (Å²) in [5, 5.41) is 14.6. The predicted molar refractivity (Wildman–Crippen MR) is 125 cm³/mol. The molecule has 0 unspecified atom stereocenters. The zero-order valence-electron chi connectivity index (χ0n) is 17.2. The van der Waals surface area contributed by atoms with Crippen LogP contribution in [0.3, 0.4) is 0 Å². The fraction of sp³-hybridized carbons (Fsp3) is 0.348. The predicted octanol–water partition coefficient (Wildman–Crippen LogP) is 3.50. The summed E-state index contributed by atoms with van der Waals surface area (Å²) >= 11 is 0. The Morgan fingerprint density at radius 3 is 2.77 bits per heavy atom. The second-order valence-electron chi connectivity index (χ2n) is 7.55. The van der Waals surface area contributed by atoms with Crippen molar-refractivity contribution in [3.05, 3.63) is 58.9 Å². The molecule has 2 aromatic carbocycles. The molecule has 0 bridgehead atoms. The maximum Gasteiger partial charge on any atom is 0.272 e. The van der Waals surface area contributed by atoms with Crippen LogP contribution in [0.1, 0.15) is 25.7 Å². The lowest BCUT2D eigenvalue weighted by Gasteiger charge is -2.10. The van der Waals surface area contributed by atoms with E-state index in [0.717, 1.165) is 55.7 Å². The van der Waals surface area contributed by atoms with Gasteiger partial charge in [0, 0.05) is 35.7 Å². The molecule has 164 valence electrons. The van der Waals surface area contributed by atoms with Crippen LogP contribution in [0.5, 0.6) is 0 Å². The maximum absolute atomic E-state index is 12.3. The summed E-state index contributed by atoms with van der Waals surface area (Å²) in [6.07, 6.45) is 3.33. The van der Waals surface area contributed by atoms with E-state index >= 15 is 0 Å². The number of hydrogen-bond donors (Lipinski definition) is 3. The van der Waals surface area contributed by atoms with Gasteiger partial charge in [-0.05, 0) is 44.0 Å². The van der Waals surface area contributed by atoms with Crippen molar-refractivity contribution in [3.8, 4) is 11.3 Å². The Morgan fingerprint density at radius 2 is 1.97 bits per heavy atom. The third kappa shape index (κ3) is 5.91. The molecule has 1 amide bonds. The molecule has 3 aromatic rings. The van der Waals surface area contributed by atoms with E-state index in [4.69, 9.17) is 4.74 Å². The number of aromatic amines is 1. The van der Waals surface area contributed by atoms with E-state index in [2.05, 4.69) is 20.8 Å². The molecule has 3 N–H and O–H groups in total. The number of amides is 1. The van der Waals surface area contributed by atoms with Gasteiger partial charge in [-0.25, -0.2) is 5.10 Å². The fourth-order valence-corrected chi connectivity index (χ4v) is 3.71. The Hall–Kier alpha value is -2.74. The van der Waals surface area contributed by atoms with Crippen molar-refractivity contribution >= 4 is 34.8 Å². The standard InChI is InChI=1S/C23H26N4O3.ClH/c28-21(10-3-4-12-24-18-11-13-30-15-18)25-17-7-5-6-16(14-17)22-19-8-1-2-9-20(19)23(29)27-26-22;/h1-2,5-9,14,18,24H,3-4,10-13,15H2,(H,25,28)(H,27,29);1H/t18-;/m0./s1. The van der Waals surface area contributed by atoms with Gasteiger partial charge in [-0.15, -0.1) is 12.4 Å². The number of carbonyl (C=O) groups is 1. The minimum absolute atomic E-state index is 0. The average Bonchev–Trinajstić information content (AvgIpc) is 3.28. The number of hydrogen-bond acceptors (Lipinski definition) is 5. The van der Waals surface area contributed by atoms with E-state index in [9.17, 15) is 9.59 Å². The molecule has 0 saturated carbocycles. The van der Waals surface area contributed by atoms with E-state index < -0.39 is 0 Å². The monoisotopic (exact) mass is 442 g/mol. The molecule has 0 aliphatic carbocycles. The van der Waals surface area contributed by atoms with Gasteiger partial charge in [-0.2, -0.15) is 5.10 Å². The number of ether oxygens (including phenoxy) is 1. The largest absolute Gasteiger partial charge is 0.380 e. The molecule has 8 heteroatoms. The van der Waals surface area contributed by atoms with Gasteiger partial charge in [0.1, 0.15) is 0 Å². The summed E-state index contributed by atoms with van der Waals surface area (Å²) in [5.41, 5.74) is 2.02. The van der Waals surface area contributed by atoms with Crippen molar-refractivity contribution in [1.29, 1.82) is 0 Å². The number of halogens is 1. The third-order valence-electron chi connectivity index (χ3n) is 5.31. The summed E-state index contributed by atoms with van der Waals surface area (Å²) in [5.74, 6) is -0.00404. The van der Waals surface area contributed by atoms with Crippen molar-refractivity contribution in [2.45, 2.75) is 31.7 Å². The van der Waals surface area contributed by atoms with Gasteiger partial charge in [0.05, 0.1) is 17.7 Å². The Bertz CT molecular complexity index is 1080. The highest BCUT2D eigenvalue weighted by atomic mass is 35.5. The smallest absolute Gasteiger partial charge is 0.272 e. The van der Waals surface area contributed by atoms with E-state index in [0.29, 0.717) is 23.5 Å². The highest BCUT2D eigenvalue weighted by molar-refractivity contribution is 5.95. The van der Waals surface area contributed by atoms with Crippen molar-refractivity contribution < 1.29 is 9.53 Å². The molecule has 0 spiro atoms. The number of H-pyrrole nitrogens is 1. The van der Waals surface area contributed by atoms with E-state index in [1.807, 2.05) is 42.5 Å². The first-order valence-corrected chi connectivity index (χ1v) is 10.4. The molecule has 1 aliphatic heterocycles. The zero-order chi connectivity index (χ0) is 20.8. The summed E-state index contributed by atoms with van der Waals surface area (Å²) in [6, 6.07) is 15.4. The number of nitrogens with zero attached hydrogens (tertiary/aromatic N) is 1. The lowest BCUT2D eigenvalue weighted by Crippen LogP contribution is -2.30. The first-order chi connectivity index (χ1) is 14.7. The number of rotatable bonds is 8. The zero-order valence-corrected chi connectivity index (χ0v) is 18.0. The van der Waals surface area contributed by atoms with Crippen LogP contribution in [-0.2, 0) is 9.53 Å². The lowest BCUT2D eigenvalue weighted by molar-refractivity contribution is -0.116. The Morgan fingerprint density at radius 1 is 1.13 bits per heavy atom. The summed E-state index contributed by atoms with van der Waals surface area (Å²) in [7, 11) is 0. The van der Waals surface area contributed by atoms with E-state index in [1.165, 1.54) is 0 Å². The fourth-order valence-electron chi connectivity index (χ4n) is 3.71. The maximum atomic E-state index is 12.3. The number of fused-ring (bicyclic) bond motifs is 1. The SMILES string of the molecule is Cl.O=C(CCCCN[C@H]1CCOC1)Nc1cccc(-c2n[nH]c(=O)c3ccccc23)c1. The van der Waals surface area contributed by atoms with Gasteiger partial charge in [0.2, 0.25) is 5.91 Å². The van der Waals surface area contributed by atoms with Crippen LogP contribution in [0.25, 0.3) is 22.0 Å². The first-order valence-electron chi connectivity index (χ1n) is 10.4. The molecule has 7 nitrogen and oxygen atoms in total. The van der Waals surface area contributed by atoms with Crippen molar-refractivity contribution in [1.82, 2.24) is 15.5 Å². The van der Waals surface area contributed by atoms with Crippen LogP contribution in [0.4, 0.5) is 5.69 Å². The van der Waals surface area contributed by atoms with Gasteiger partial charge in [0.25, 0.3) is 5.56 Å². The van der Waals surface area contributed by atoms with Crippen molar-refractivity contribution in [2.75, 3.05) is 25.1 Å². The van der Waals surface area contributed by atoms with Gasteiger partial charge < -0.3 is 15.4 Å².